The number of nitrogens with one attached hydrogen (secondary N) is 1. The van der Waals surface area contributed by atoms with Crippen molar-refractivity contribution in [3.63, 3.8) is 0 Å². The van der Waals surface area contributed by atoms with Crippen LogP contribution >= 0.6 is 0 Å². The molecule has 5 rings (SSSR count). The molecule has 0 amide bonds. The normalized spacial score (nSPS) is 16.5. The summed E-state index contributed by atoms with van der Waals surface area (Å²) in [5, 5.41) is 4.60. The average Bonchev–Trinajstić information content (AvgIpc) is 3.34. The Hall–Kier alpha value is -3.49. The van der Waals surface area contributed by atoms with Crippen molar-refractivity contribution in [3.8, 4) is 5.88 Å². The van der Waals surface area contributed by atoms with E-state index in [1.807, 2.05) is 0 Å². The van der Waals surface area contributed by atoms with E-state index in [9.17, 15) is 4.39 Å². The van der Waals surface area contributed by atoms with Crippen molar-refractivity contribution in [1.29, 1.82) is 0 Å². The number of aromatic amines is 1. The fourth-order valence-corrected chi connectivity index (χ4v) is 3.55. The number of nitrogens with zero attached hydrogens (tertiary/aromatic N) is 6. The summed E-state index contributed by atoms with van der Waals surface area (Å²) >= 11 is 0. The zero-order valence-corrected chi connectivity index (χ0v) is 14.5. The molecule has 27 heavy (non-hydrogen) atoms. The van der Waals surface area contributed by atoms with E-state index in [0.29, 0.717) is 29.5 Å². The molecule has 0 saturated carbocycles. The molecule has 136 valence electrons. The molecule has 4 aromatic heterocycles. The Kier molecular flexibility index (Phi) is 3.52. The maximum Gasteiger partial charge on any atom is 0.218 e. The second-order valence-corrected chi connectivity index (χ2v) is 6.29. The molecule has 1 atom stereocenters. The topological polar surface area (TPSA) is 84.2 Å². The highest BCUT2D eigenvalue weighted by Gasteiger charge is 2.34. The van der Waals surface area contributed by atoms with E-state index < -0.39 is 0 Å². The van der Waals surface area contributed by atoms with Crippen LogP contribution in [-0.4, -0.2) is 43.2 Å². The lowest BCUT2D eigenvalue weighted by Gasteiger charge is -2.34. The first-order valence-corrected chi connectivity index (χ1v) is 8.53. The molecule has 0 radical (unpaired) electrons. The van der Waals surface area contributed by atoms with Crippen LogP contribution in [0.3, 0.4) is 0 Å². The van der Waals surface area contributed by atoms with Gasteiger partial charge in [0.05, 0.1) is 24.8 Å². The van der Waals surface area contributed by atoms with Gasteiger partial charge < -0.3 is 14.6 Å². The summed E-state index contributed by atoms with van der Waals surface area (Å²) in [6, 6.07) is 6.30. The predicted molar refractivity (Wildman–Crippen MR) is 95.2 cm³/mol. The zero-order valence-electron chi connectivity index (χ0n) is 14.5. The van der Waals surface area contributed by atoms with E-state index in [1.165, 1.54) is 12.4 Å². The minimum atomic E-state index is -0.315. The number of pyridine rings is 1. The molecule has 5 heterocycles. The first-order chi connectivity index (χ1) is 13.2. The van der Waals surface area contributed by atoms with Gasteiger partial charge in [0, 0.05) is 30.9 Å². The highest BCUT2D eigenvalue weighted by molar-refractivity contribution is 5.54. The van der Waals surface area contributed by atoms with E-state index in [0.717, 1.165) is 17.8 Å². The second kappa shape index (κ2) is 6.04. The number of fused-ring (bicyclic) bond motifs is 2. The van der Waals surface area contributed by atoms with Gasteiger partial charge in [-0.3, -0.25) is 0 Å². The first kappa shape index (κ1) is 15.7. The van der Waals surface area contributed by atoms with Crippen LogP contribution in [0.15, 0.2) is 43.1 Å². The van der Waals surface area contributed by atoms with Gasteiger partial charge in [0.15, 0.2) is 0 Å². The number of anilines is 1. The van der Waals surface area contributed by atoms with E-state index >= 15 is 0 Å². The molecule has 0 saturated heterocycles. The molecule has 8 nitrogen and oxygen atoms in total. The maximum atomic E-state index is 14.2. The summed E-state index contributed by atoms with van der Waals surface area (Å²) in [7, 11) is 1.57. The number of hydrogen-bond donors (Lipinski definition) is 1. The number of aromatic nitrogens is 6. The fraction of sp³-hybridized carbons (Fsp3) is 0.222. The molecule has 0 spiro atoms. The van der Waals surface area contributed by atoms with Crippen LogP contribution in [0.1, 0.15) is 23.1 Å². The molecule has 0 bridgehead atoms. The largest absolute Gasteiger partial charge is 0.481 e. The molecule has 0 aliphatic carbocycles. The Morgan fingerprint density at radius 1 is 1.26 bits per heavy atom. The average molecular weight is 365 g/mol. The third-order valence-electron chi connectivity index (χ3n) is 4.81. The zero-order chi connectivity index (χ0) is 18.4. The molecule has 9 heteroatoms. The molecular weight excluding hydrogens is 349 g/mol. The standard InChI is InChI=1S/C18H16FN7O/c1-27-16-8-15(21-10-22-16)25-6-4-12-17(23-9-20-12)18(25)13-7-14-11(19)3-2-5-26(14)24-13/h2-3,5,7-10,18H,4,6H2,1H3,(H,20,23)/t18-/m1/s1. The van der Waals surface area contributed by atoms with Crippen molar-refractivity contribution in [1.82, 2.24) is 29.5 Å². The molecule has 0 aromatic carbocycles. The predicted octanol–water partition coefficient (Wildman–Crippen LogP) is 2.15. The van der Waals surface area contributed by atoms with Crippen molar-refractivity contribution >= 4 is 11.3 Å². The lowest BCUT2D eigenvalue weighted by Crippen LogP contribution is -2.37. The van der Waals surface area contributed by atoms with E-state index in [2.05, 4.69) is 29.9 Å². The third-order valence-corrected chi connectivity index (χ3v) is 4.81. The Balaban J connectivity index is 1.67. The molecule has 1 aliphatic heterocycles. The highest BCUT2D eigenvalue weighted by atomic mass is 19.1. The third kappa shape index (κ3) is 2.50. The molecular formula is C18H16FN7O. The van der Waals surface area contributed by atoms with E-state index in [1.54, 1.807) is 42.3 Å². The first-order valence-electron chi connectivity index (χ1n) is 8.53. The lowest BCUT2D eigenvalue weighted by atomic mass is 9.99. The fourth-order valence-electron chi connectivity index (χ4n) is 3.55. The van der Waals surface area contributed by atoms with Crippen LogP contribution in [0.2, 0.25) is 0 Å². The Morgan fingerprint density at radius 3 is 3.04 bits per heavy atom. The Labute approximate surface area is 153 Å². The summed E-state index contributed by atoms with van der Waals surface area (Å²) in [6.45, 7) is 0.705. The number of H-pyrrole nitrogens is 1. The quantitative estimate of drug-likeness (QED) is 0.599. The van der Waals surface area contributed by atoms with E-state index in [-0.39, 0.29) is 11.9 Å². The van der Waals surface area contributed by atoms with Crippen molar-refractivity contribution < 1.29 is 9.13 Å². The second-order valence-electron chi connectivity index (χ2n) is 6.29. The molecule has 1 aliphatic rings. The Bertz CT molecular complexity index is 1120. The van der Waals surface area contributed by atoms with E-state index in [4.69, 9.17) is 4.74 Å². The molecule has 0 unspecified atom stereocenters. The van der Waals surface area contributed by atoms with Gasteiger partial charge in [0.25, 0.3) is 0 Å². The SMILES string of the molecule is COc1cc(N2CCc3[nH]cnc3[C@H]2c2cc3c(F)cccn3n2)ncn1. The maximum absolute atomic E-state index is 14.2. The van der Waals surface area contributed by atoms with Gasteiger partial charge in [0.2, 0.25) is 5.88 Å². The minimum Gasteiger partial charge on any atom is -0.481 e. The van der Waals surface area contributed by atoms with Crippen LogP contribution in [0.25, 0.3) is 5.52 Å². The highest BCUT2D eigenvalue weighted by Crippen LogP contribution is 2.36. The Morgan fingerprint density at radius 2 is 2.19 bits per heavy atom. The van der Waals surface area contributed by atoms with Crippen LogP contribution in [0.4, 0.5) is 10.2 Å². The number of hydrogen-bond acceptors (Lipinski definition) is 6. The van der Waals surface area contributed by atoms with Gasteiger partial charge in [-0.25, -0.2) is 23.9 Å². The lowest BCUT2D eigenvalue weighted by molar-refractivity contribution is 0.396. The van der Waals surface area contributed by atoms with Crippen LogP contribution in [-0.2, 0) is 6.42 Å². The smallest absolute Gasteiger partial charge is 0.218 e. The van der Waals surface area contributed by atoms with Gasteiger partial charge >= 0.3 is 0 Å². The summed E-state index contributed by atoms with van der Waals surface area (Å²) in [5.41, 5.74) is 3.04. The van der Waals surface area contributed by atoms with Crippen molar-refractivity contribution in [2.24, 2.45) is 0 Å². The summed E-state index contributed by atoms with van der Waals surface area (Å²) < 4.78 is 21.0. The number of rotatable bonds is 3. The summed E-state index contributed by atoms with van der Waals surface area (Å²) in [5.74, 6) is 0.871. The van der Waals surface area contributed by atoms with Gasteiger partial charge in [-0.1, -0.05) is 0 Å². The number of halogens is 1. The van der Waals surface area contributed by atoms with Crippen molar-refractivity contribution in [2.75, 3.05) is 18.6 Å². The number of ether oxygens (including phenoxy) is 1. The minimum absolute atomic E-state index is 0.293. The van der Waals surface area contributed by atoms with Gasteiger partial charge in [-0.15, -0.1) is 0 Å². The molecule has 4 aromatic rings. The number of imidazole rings is 1. The summed E-state index contributed by atoms with van der Waals surface area (Å²) in [6.07, 6.45) is 5.67. The van der Waals surface area contributed by atoms with Gasteiger partial charge in [-0.2, -0.15) is 5.10 Å². The molecule has 0 fully saturated rings. The monoisotopic (exact) mass is 365 g/mol. The summed E-state index contributed by atoms with van der Waals surface area (Å²) in [4.78, 5) is 18.3. The van der Waals surface area contributed by atoms with Gasteiger partial charge in [0.1, 0.15) is 29.5 Å². The van der Waals surface area contributed by atoms with Crippen molar-refractivity contribution in [3.05, 3.63) is 66.0 Å². The van der Waals surface area contributed by atoms with Crippen LogP contribution in [0, 0.1) is 5.82 Å². The van der Waals surface area contributed by atoms with Crippen LogP contribution < -0.4 is 9.64 Å². The number of methoxy groups -OCH3 is 1. The molecule has 1 N–H and O–H groups in total. The van der Waals surface area contributed by atoms with Crippen molar-refractivity contribution in [2.45, 2.75) is 12.5 Å². The van der Waals surface area contributed by atoms with Gasteiger partial charge in [-0.05, 0) is 18.2 Å². The van der Waals surface area contributed by atoms with Crippen LogP contribution in [0.5, 0.6) is 5.88 Å².